The summed E-state index contributed by atoms with van der Waals surface area (Å²) in [5.41, 5.74) is 0.625. The molecule has 16 heavy (non-hydrogen) atoms. The molecule has 1 unspecified atom stereocenters. The molecule has 0 saturated carbocycles. The first kappa shape index (κ1) is 13.2. The van der Waals surface area contributed by atoms with Crippen LogP contribution in [0.3, 0.4) is 0 Å². The second-order valence-electron chi connectivity index (χ2n) is 4.95. The van der Waals surface area contributed by atoms with E-state index in [2.05, 4.69) is 26.0 Å². The van der Waals surface area contributed by atoms with Gasteiger partial charge < -0.3 is 4.74 Å². The highest BCUT2D eigenvalue weighted by molar-refractivity contribution is 5.90. The third kappa shape index (κ3) is 2.62. The molecule has 0 fully saturated rings. The first-order valence-electron chi connectivity index (χ1n) is 5.90. The minimum atomic E-state index is -0.503. The van der Waals surface area contributed by atoms with Crippen LogP contribution in [0.4, 0.5) is 0 Å². The number of ketones is 1. The summed E-state index contributed by atoms with van der Waals surface area (Å²) in [6, 6.07) is 0. The van der Waals surface area contributed by atoms with Gasteiger partial charge in [0.1, 0.15) is 5.78 Å². The van der Waals surface area contributed by atoms with Crippen LogP contribution < -0.4 is 0 Å². The smallest absolute Gasteiger partial charge is 0.149 e. The minimum Gasteiger partial charge on any atom is -0.383 e. The van der Waals surface area contributed by atoms with Crippen molar-refractivity contribution in [2.45, 2.75) is 33.6 Å². The molecule has 0 aromatic rings. The van der Waals surface area contributed by atoms with Crippen molar-refractivity contribution >= 4 is 5.78 Å². The third-order valence-corrected chi connectivity index (χ3v) is 3.13. The molecule has 0 saturated heterocycles. The van der Waals surface area contributed by atoms with Gasteiger partial charge in [0.05, 0.1) is 12.0 Å². The molecule has 0 N–H and O–H groups in total. The van der Waals surface area contributed by atoms with Gasteiger partial charge in [0.25, 0.3) is 0 Å². The molecule has 0 spiro atoms. The predicted octanol–water partition coefficient (Wildman–Crippen LogP) is 3.14. The van der Waals surface area contributed by atoms with E-state index in [1.165, 1.54) is 0 Å². The summed E-state index contributed by atoms with van der Waals surface area (Å²) in [6.45, 7) is 6.63. The van der Waals surface area contributed by atoms with E-state index in [4.69, 9.17) is 4.74 Å². The van der Waals surface area contributed by atoms with Gasteiger partial charge in [0.2, 0.25) is 0 Å². The van der Waals surface area contributed by atoms with E-state index in [1.807, 2.05) is 13.0 Å². The van der Waals surface area contributed by atoms with E-state index in [0.717, 1.165) is 12.0 Å². The summed E-state index contributed by atoms with van der Waals surface area (Å²) in [5.74, 6) is 0.665. The van der Waals surface area contributed by atoms with Crippen LogP contribution >= 0.6 is 0 Å². The van der Waals surface area contributed by atoms with Gasteiger partial charge in [-0.25, -0.2) is 0 Å². The van der Waals surface area contributed by atoms with Crippen molar-refractivity contribution in [3.05, 3.63) is 23.8 Å². The van der Waals surface area contributed by atoms with E-state index in [9.17, 15) is 4.79 Å². The van der Waals surface area contributed by atoms with Crippen LogP contribution in [0.15, 0.2) is 23.8 Å². The zero-order valence-corrected chi connectivity index (χ0v) is 10.7. The Hall–Kier alpha value is -0.890. The van der Waals surface area contributed by atoms with Gasteiger partial charge in [-0.15, -0.1) is 0 Å². The lowest BCUT2D eigenvalue weighted by atomic mass is 9.72. The zero-order chi connectivity index (χ0) is 12.2. The minimum absolute atomic E-state index is 0.272. The molecule has 2 heteroatoms. The molecule has 1 atom stereocenters. The zero-order valence-electron chi connectivity index (χ0n) is 10.7. The Morgan fingerprint density at radius 3 is 2.75 bits per heavy atom. The number of Topliss-reactive ketones (excluding diaryl/α,β-unsaturated/α-hetero) is 1. The summed E-state index contributed by atoms with van der Waals surface area (Å²) < 4.78 is 5.24. The molecule has 1 aliphatic rings. The van der Waals surface area contributed by atoms with Crippen LogP contribution in [0, 0.1) is 11.3 Å². The van der Waals surface area contributed by atoms with Gasteiger partial charge in [-0.05, 0) is 19.3 Å². The number of hydrogen-bond donors (Lipinski definition) is 0. The average molecular weight is 222 g/mol. The number of ether oxygens (including phenoxy) is 1. The highest BCUT2D eigenvalue weighted by Gasteiger charge is 2.38. The molecule has 0 radical (unpaired) electrons. The van der Waals surface area contributed by atoms with Gasteiger partial charge in [-0.1, -0.05) is 37.6 Å². The Kier molecular flexibility index (Phi) is 4.48. The fourth-order valence-electron chi connectivity index (χ4n) is 2.16. The maximum atomic E-state index is 12.4. The van der Waals surface area contributed by atoms with Crippen LogP contribution in [-0.2, 0) is 9.53 Å². The van der Waals surface area contributed by atoms with E-state index < -0.39 is 5.41 Å². The Morgan fingerprint density at radius 1 is 1.56 bits per heavy atom. The molecule has 0 amide bonds. The molecule has 1 aliphatic carbocycles. The third-order valence-electron chi connectivity index (χ3n) is 3.13. The topological polar surface area (TPSA) is 26.3 Å². The predicted molar refractivity (Wildman–Crippen MR) is 66.3 cm³/mol. The molecule has 2 nitrogen and oxygen atoms in total. The van der Waals surface area contributed by atoms with Gasteiger partial charge in [0, 0.05) is 13.5 Å². The van der Waals surface area contributed by atoms with Crippen molar-refractivity contribution in [2.24, 2.45) is 11.3 Å². The largest absolute Gasteiger partial charge is 0.383 e. The van der Waals surface area contributed by atoms with Crippen molar-refractivity contribution < 1.29 is 9.53 Å². The summed E-state index contributed by atoms with van der Waals surface area (Å²) in [7, 11) is 1.65. The monoisotopic (exact) mass is 222 g/mol. The van der Waals surface area contributed by atoms with Crippen LogP contribution in [0.5, 0.6) is 0 Å². The summed E-state index contributed by atoms with van der Waals surface area (Å²) in [5, 5.41) is 0. The van der Waals surface area contributed by atoms with Gasteiger partial charge in [-0.3, -0.25) is 4.79 Å². The molecule has 0 heterocycles. The average Bonchev–Trinajstić information content (AvgIpc) is 2.20. The van der Waals surface area contributed by atoms with Gasteiger partial charge in [0.15, 0.2) is 0 Å². The fraction of sp³-hybridized carbons (Fsp3) is 0.643. The van der Waals surface area contributed by atoms with Crippen LogP contribution in [-0.4, -0.2) is 19.5 Å². The second kappa shape index (κ2) is 5.44. The Bertz CT molecular complexity index is 313. The lowest BCUT2D eigenvalue weighted by Gasteiger charge is -2.32. The Labute approximate surface area is 98.4 Å². The number of allylic oxidation sites excluding steroid dienone is 2. The van der Waals surface area contributed by atoms with E-state index >= 15 is 0 Å². The van der Waals surface area contributed by atoms with Crippen molar-refractivity contribution in [2.75, 3.05) is 13.7 Å². The highest BCUT2D eigenvalue weighted by atomic mass is 16.5. The summed E-state index contributed by atoms with van der Waals surface area (Å²) in [6.07, 6.45) is 7.74. The number of carbonyl (C=O) groups excluding carboxylic acids is 1. The lowest BCUT2D eigenvalue weighted by Crippen LogP contribution is -2.36. The number of carbonyl (C=O) groups is 1. The second-order valence-corrected chi connectivity index (χ2v) is 4.95. The highest BCUT2D eigenvalue weighted by Crippen LogP contribution is 2.36. The number of hydrogen-bond acceptors (Lipinski definition) is 2. The van der Waals surface area contributed by atoms with Crippen molar-refractivity contribution in [3.63, 3.8) is 0 Å². The summed E-state index contributed by atoms with van der Waals surface area (Å²) >= 11 is 0. The van der Waals surface area contributed by atoms with E-state index in [0.29, 0.717) is 18.9 Å². The van der Waals surface area contributed by atoms with Gasteiger partial charge >= 0.3 is 0 Å². The maximum absolute atomic E-state index is 12.4. The molecule has 0 bridgehead atoms. The van der Waals surface area contributed by atoms with Crippen molar-refractivity contribution in [3.8, 4) is 0 Å². The molecule has 1 rings (SSSR count). The SMILES string of the molecule is COCC1(C(=O)CC(C)C)C=CCC=C1C. The Morgan fingerprint density at radius 2 is 2.25 bits per heavy atom. The summed E-state index contributed by atoms with van der Waals surface area (Å²) in [4.78, 5) is 12.4. The van der Waals surface area contributed by atoms with Crippen LogP contribution in [0.2, 0.25) is 0 Å². The molecular weight excluding hydrogens is 200 g/mol. The number of methoxy groups -OCH3 is 1. The maximum Gasteiger partial charge on any atom is 0.149 e. The molecule has 0 aliphatic heterocycles. The molecule has 0 aromatic heterocycles. The molecule has 0 aromatic carbocycles. The van der Waals surface area contributed by atoms with Crippen LogP contribution in [0.25, 0.3) is 0 Å². The number of rotatable bonds is 5. The van der Waals surface area contributed by atoms with E-state index in [1.54, 1.807) is 7.11 Å². The fourth-order valence-corrected chi connectivity index (χ4v) is 2.16. The van der Waals surface area contributed by atoms with E-state index in [-0.39, 0.29) is 5.78 Å². The first-order chi connectivity index (χ1) is 7.53. The lowest BCUT2D eigenvalue weighted by molar-refractivity contribution is -0.127. The standard InChI is InChI=1S/C14H22O2/c1-11(2)9-13(15)14(10-16-4)8-6-5-7-12(14)3/h6-8,11H,5,9-10H2,1-4H3. The normalized spacial score (nSPS) is 24.7. The molecule has 90 valence electrons. The van der Waals surface area contributed by atoms with Crippen molar-refractivity contribution in [1.82, 2.24) is 0 Å². The van der Waals surface area contributed by atoms with Crippen molar-refractivity contribution in [1.29, 1.82) is 0 Å². The molecular formula is C14H22O2. The quantitative estimate of drug-likeness (QED) is 0.668. The van der Waals surface area contributed by atoms with Gasteiger partial charge in [-0.2, -0.15) is 0 Å². The van der Waals surface area contributed by atoms with Crippen LogP contribution in [0.1, 0.15) is 33.6 Å². The Balaban J connectivity index is 2.96. The first-order valence-corrected chi connectivity index (χ1v) is 5.90.